The normalized spacial score (nSPS) is 20.9. The molecule has 1 saturated heterocycles. The van der Waals surface area contributed by atoms with E-state index in [0.717, 1.165) is 51.9 Å². The van der Waals surface area contributed by atoms with Crippen molar-refractivity contribution < 1.29 is 4.74 Å². The van der Waals surface area contributed by atoms with E-state index in [9.17, 15) is 5.26 Å². The number of methoxy groups -OCH3 is 1. The molecule has 0 radical (unpaired) electrons. The number of rotatable bonds is 8. The molecule has 1 aliphatic rings. The van der Waals surface area contributed by atoms with Gasteiger partial charge in [0.1, 0.15) is 5.54 Å². The second-order valence-electron chi connectivity index (χ2n) is 5.71. The molecule has 1 unspecified atom stereocenters. The van der Waals surface area contributed by atoms with Gasteiger partial charge in [0.25, 0.3) is 0 Å². The summed E-state index contributed by atoms with van der Waals surface area (Å²) in [6.07, 6.45) is 6.01. The van der Waals surface area contributed by atoms with Gasteiger partial charge in [0, 0.05) is 20.2 Å². The number of piperidine rings is 1. The van der Waals surface area contributed by atoms with Crippen molar-refractivity contribution in [3.05, 3.63) is 0 Å². The lowest BCUT2D eigenvalue weighted by atomic mass is 9.96. The molecule has 110 valence electrons. The molecule has 1 aliphatic heterocycles. The largest absolute Gasteiger partial charge is 0.381 e. The molecule has 0 aliphatic carbocycles. The van der Waals surface area contributed by atoms with Crippen molar-refractivity contribution in [2.75, 3.05) is 33.3 Å². The monoisotopic (exact) mass is 267 g/mol. The highest BCUT2D eigenvalue weighted by atomic mass is 16.5. The smallest absolute Gasteiger partial charge is 0.103 e. The van der Waals surface area contributed by atoms with Crippen molar-refractivity contribution in [2.24, 2.45) is 0 Å². The molecule has 1 N–H and O–H groups in total. The molecule has 0 aromatic heterocycles. The second-order valence-corrected chi connectivity index (χ2v) is 5.71. The van der Waals surface area contributed by atoms with Crippen LogP contribution < -0.4 is 5.32 Å². The van der Waals surface area contributed by atoms with E-state index in [2.05, 4.69) is 23.2 Å². The molecular weight excluding hydrogens is 238 g/mol. The van der Waals surface area contributed by atoms with E-state index in [4.69, 9.17) is 4.74 Å². The van der Waals surface area contributed by atoms with E-state index in [1.54, 1.807) is 0 Å². The topological polar surface area (TPSA) is 48.3 Å². The fourth-order valence-electron chi connectivity index (χ4n) is 2.76. The molecule has 0 saturated carbocycles. The minimum Gasteiger partial charge on any atom is -0.381 e. The summed E-state index contributed by atoms with van der Waals surface area (Å²) < 4.78 is 5.38. The number of likely N-dealkylation sites (tertiary alicyclic amines) is 1. The zero-order valence-corrected chi connectivity index (χ0v) is 12.7. The standard InChI is InChI=1S/C15H29N3O/c1-4-17-15(2,13-16)9-5-6-10-18-11-7-14(19-3)8-12-18/h14,17H,4-12H2,1-3H3. The third kappa shape index (κ3) is 5.90. The Hall–Kier alpha value is -0.630. The second kappa shape index (κ2) is 8.52. The number of hydrogen-bond acceptors (Lipinski definition) is 4. The first-order chi connectivity index (χ1) is 9.13. The summed E-state index contributed by atoms with van der Waals surface area (Å²) in [6.45, 7) is 8.37. The van der Waals surface area contributed by atoms with E-state index in [0.29, 0.717) is 6.10 Å². The van der Waals surface area contributed by atoms with Gasteiger partial charge in [-0.15, -0.1) is 0 Å². The molecule has 0 bridgehead atoms. The van der Waals surface area contributed by atoms with Crippen molar-refractivity contribution in [2.45, 2.75) is 57.6 Å². The van der Waals surface area contributed by atoms with Crippen LogP contribution in [0.2, 0.25) is 0 Å². The van der Waals surface area contributed by atoms with Crippen molar-refractivity contribution in [1.82, 2.24) is 10.2 Å². The minimum atomic E-state index is -0.349. The van der Waals surface area contributed by atoms with Crippen LogP contribution in [-0.2, 0) is 4.74 Å². The number of unbranched alkanes of at least 4 members (excludes halogenated alkanes) is 1. The molecule has 19 heavy (non-hydrogen) atoms. The van der Waals surface area contributed by atoms with E-state index >= 15 is 0 Å². The van der Waals surface area contributed by atoms with Crippen LogP contribution in [0.3, 0.4) is 0 Å². The molecule has 0 spiro atoms. The predicted octanol–water partition coefficient (Wildman–Crippen LogP) is 2.16. The van der Waals surface area contributed by atoms with Gasteiger partial charge in [0.2, 0.25) is 0 Å². The molecular formula is C15H29N3O. The average Bonchev–Trinajstić information content (AvgIpc) is 2.44. The number of hydrogen-bond donors (Lipinski definition) is 1. The fourth-order valence-corrected chi connectivity index (χ4v) is 2.76. The number of nitriles is 1. The van der Waals surface area contributed by atoms with Crippen LogP contribution in [0.5, 0.6) is 0 Å². The van der Waals surface area contributed by atoms with Crippen molar-refractivity contribution >= 4 is 0 Å². The van der Waals surface area contributed by atoms with E-state index in [-0.39, 0.29) is 5.54 Å². The van der Waals surface area contributed by atoms with Gasteiger partial charge in [0.05, 0.1) is 12.2 Å². The summed E-state index contributed by atoms with van der Waals surface area (Å²) >= 11 is 0. The van der Waals surface area contributed by atoms with Gasteiger partial charge in [-0.05, 0) is 52.1 Å². The van der Waals surface area contributed by atoms with Crippen LogP contribution in [-0.4, -0.2) is 49.8 Å². The fraction of sp³-hybridized carbons (Fsp3) is 0.933. The first-order valence-corrected chi connectivity index (χ1v) is 7.55. The van der Waals surface area contributed by atoms with Gasteiger partial charge in [-0.2, -0.15) is 5.26 Å². The maximum Gasteiger partial charge on any atom is 0.103 e. The van der Waals surface area contributed by atoms with Gasteiger partial charge in [-0.1, -0.05) is 6.92 Å². The lowest BCUT2D eigenvalue weighted by Gasteiger charge is -2.31. The van der Waals surface area contributed by atoms with Crippen molar-refractivity contribution in [3.63, 3.8) is 0 Å². The Morgan fingerprint density at radius 3 is 2.58 bits per heavy atom. The Balaban J connectivity index is 2.13. The van der Waals surface area contributed by atoms with Crippen LogP contribution in [0.4, 0.5) is 0 Å². The van der Waals surface area contributed by atoms with Gasteiger partial charge < -0.3 is 9.64 Å². The number of nitrogens with one attached hydrogen (secondary N) is 1. The Morgan fingerprint density at radius 1 is 1.37 bits per heavy atom. The number of nitrogens with zero attached hydrogens (tertiary/aromatic N) is 2. The first kappa shape index (κ1) is 16.4. The molecule has 0 aromatic rings. The average molecular weight is 267 g/mol. The molecule has 1 rings (SSSR count). The van der Waals surface area contributed by atoms with Crippen LogP contribution in [0.25, 0.3) is 0 Å². The van der Waals surface area contributed by atoms with E-state index in [1.165, 1.54) is 6.42 Å². The summed E-state index contributed by atoms with van der Waals surface area (Å²) in [4.78, 5) is 2.52. The van der Waals surface area contributed by atoms with Gasteiger partial charge in [-0.3, -0.25) is 5.32 Å². The van der Waals surface area contributed by atoms with Crippen molar-refractivity contribution in [3.8, 4) is 6.07 Å². The minimum absolute atomic E-state index is 0.349. The maximum atomic E-state index is 9.18. The zero-order valence-electron chi connectivity index (χ0n) is 12.7. The molecule has 4 nitrogen and oxygen atoms in total. The van der Waals surface area contributed by atoms with Crippen LogP contribution >= 0.6 is 0 Å². The molecule has 1 fully saturated rings. The predicted molar refractivity (Wildman–Crippen MR) is 78.0 cm³/mol. The quantitative estimate of drug-likeness (QED) is 0.685. The SMILES string of the molecule is CCNC(C)(C#N)CCCCN1CCC(OC)CC1. The van der Waals surface area contributed by atoms with E-state index in [1.807, 2.05) is 14.0 Å². The van der Waals surface area contributed by atoms with E-state index < -0.39 is 0 Å². The summed E-state index contributed by atoms with van der Waals surface area (Å²) in [5, 5.41) is 12.5. The Kier molecular flexibility index (Phi) is 7.37. The molecule has 4 heteroatoms. The zero-order chi connectivity index (χ0) is 14.1. The molecule has 0 aromatic carbocycles. The van der Waals surface area contributed by atoms with Gasteiger partial charge in [0.15, 0.2) is 0 Å². The van der Waals surface area contributed by atoms with Crippen molar-refractivity contribution in [1.29, 1.82) is 5.26 Å². The van der Waals surface area contributed by atoms with Crippen LogP contribution in [0.15, 0.2) is 0 Å². The maximum absolute atomic E-state index is 9.18. The Labute approximate surface area is 118 Å². The summed E-state index contributed by atoms with van der Waals surface area (Å²) in [5.41, 5.74) is -0.349. The summed E-state index contributed by atoms with van der Waals surface area (Å²) in [7, 11) is 1.81. The highest BCUT2D eigenvalue weighted by Gasteiger charge is 2.22. The third-order valence-corrected chi connectivity index (χ3v) is 4.08. The van der Waals surface area contributed by atoms with Crippen LogP contribution in [0.1, 0.15) is 46.0 Å². The molecule has 1 heterocycles. The summed E-state index contributed by atoms with van der Waals surface area (Å²) in [5.74, 6) is 0. The molecule has 0 amide bonds. The van der Waals surface area contributed by atoms with Gasteiger partial charge >= 0.3 is 0 Å². The van der Waals surface area contributed by atoms with Crippen LogP contribution in [0, 0.1) is 11.3 Å². The highest BCUT2D eigenvalue weighted by Crippen LogP contribution is 2.16. The lowest BCUT2D eigenvalue weighted by molar-refractivity contribution is 0.0406. The highest BCUT2D eigenvalue weighted by molar-refractivity contribution is 5.03. The first-order valence-electron chi connectivity index (χ1n) is 7.55. The van der Waals surface area contributed by atoms with Gasteiger partial charge in [-0.25, -0.2) is 0 Å². The lowest BCUT2D eigenvalue weighted by Crippen LogP contribution is -2.41. The third-order valence-electron chi connectivity index (χ3n) is 4.08. The summed E-state index contributed by atoms with van der Waals surface area (Å²) in [6, 6.07) is 2.39. The number of ether oxygens (including phenoxy) is 1. The molecule has 1 atom stereocenters. The Morgan fingerprint density at radius 2 is 2.05 bits per heavy atom. The Bertz CT molecular complexity index is 282.